The fraction of sp³-hybridized carbons (Fsp3) is 0.316. The summed E-state index contributed by atoms with van der Waals surface area (Å²) in [5.74, 6) is 0.670. The molecule has 0 saturated carbocycles. The van der Waals surface area contributed by atoms with E-state index in [-0.39, 0.29) is 17.6 Å². The first kappa shape index (κ1) is 16.3. The molecule has 2 aromatic rings. The first-order valence-electron chi connectivity index (χ1n) is 7.79. The maximum Gasteiger partial charge on any atom is 0.193 e. The molecule has 0 atom stereocenters. The van der Waals surface area contributed by atoms with Crippen molar-refractivity contribution in [1.29, 1.82) is 0 Å². The molecule has 2 nitrogen and oxygen atoms in total. The summed E-state index contributed by atoms with van der Waals surface area (Å²) < 4.78 is 0. The molecule has 0 heterocycles. The summed E-state index contributed by atoms with van der Waals surface area (Å²) in [7, 11) is 1.98. The maximum atomic E-state index is 12.8. The Labute approximate surface area is 133 Å². The molecule has 0 spiro atoms. The third-order valence-corrected chi connectivity index (χ3v) is 3.96. The van der Waals surface area contributed by atoms with Gasteiger partial charge in [-0.25, -0.2) is 0 Å². The Bertz CT molecular complexity index is 673. The monoisotopic (exact) mass is 294 g/mol. The van der Waals surface area contributed by atoms with Gasteiger partial charge in [0.2, 0.25) is 0 Å². The fourth-order valence-corrected chi connectivity index (χ4v) is 2.64. The van der Waals surface area contributed by atoms with Gasteiger partial charge < -0.3 is 5.11 Å². The van der Waals surface area contributed by atoms with Gasteiger partial charge in [-0.3, -0.25) is 4.79 Å². The molecule has 1 N–H and O–H groups in total. The minimum Gasteiger partial charge on any atom is -0.507 e. The highest BCUT2D eigenvalue weighted by molar-refractivity contribution is 6.32. The lowest BCUT2D eigenvalue weighted by Gasteiger charge is -2.17. The molecule has 0 aliphatic carbocycles. The minimum absolute atomic E-state index is 0.00694. The molecule has 0 unspecified atom stereocenters. The molecule has 2 aromatic carbocycles. The summed E-state index contributed by atoms with van der Waals surface area (Å²) in [6.45, 7) is 8.11. The van der Waals surface area contributed by atoms with Crippen LogP contribution >= 0.6 is 0 Å². The van der Waals surface area contributed by atoms with Gasteiger partial charge in [-0.05, 0) is 35.1 Å². The van der Waals surface area contributed by atoms with Gasteiger partial charge in [0.05, 0.1) is 0 Å². The lowest BCUT2D eigenvalue weighted by Crippen LogP contribution is -2.09. The number of hydrogen-bond donors (Lipinski definition) is 1. The van der Waals surface area contributed by atoms with E-state index in [1.54, 1.807) is 0 Å². The van der Waals surface area contributed by atoms with Crippen LogP contribution in [0.2, 0.25) is 0 Å². The second-order valence-corrected chi connectivity index (χ2v) is 6.51. The lowest BCUT2D eigenvalue weighted by atomic mass is 9.88. The number of rotatable bonds is 4. The van der Waals surface area contributed by atoms with Crippen molar-refractivity contribution < 1.29 is 9.90 Å². The summed E-state index contributed by atoms with van der Waals surface area (Å²) in [4.78, 5) is 12.8. The van der Waals surface area contributed by atoms with E-state index in [0.29, 0.717) is 16.9 Å². The largest absolute Gasteiger partial charge is 0.507 e. The topological polar surface area (TPSA) is 37.3 Å². The fourth-order valence-electron chi connectivity index (χ4n) is 2.64. The highest BCUT2D eigenvalue weighted by atomic mass is 16.3. The predicted molar refractivity (Wildman–Crippen MR) is 94.3 cm³/mol. The van der Waals surface area contributed by atoms with Gasteiger partial charge in [0.25, 0.3) is 0 Å². The van der Waals surface area contributed by atoms with Crippen LogP contribution in [0, 0.1) is 0 Å². The quantitative estimate of drug-likeness (QED) is 0.695. The van der Waals surface area contributed by atoms with E-state index in [0.717, 1.165) is 16.6 Å². The first-order chi connectivity index (χ1) is 10.3. The summed E-state index contributed by atoms with van der Waals surface area (Å²) in [6.07, 6.45) is 0. The van der Waals surface area contributed by atoms with E-state index in [2.05, 4.69) is 0 Å². The Hall–Kier alpha value is -2.03. The van der Waals surface area contributed by atoms with Gasteiger partial charge in [-0.15, -0.1) is 0 Å². The number of carbonyl (C=O) groups is 1. The molecule has 0 bridgehead atoms. The summed E-state index contributed by atoms with van der Waals surface area (Å²) in [6, 6.07) is 11.3. The summed E-state index contributed by atoms with van der Waals surface area (Å²) >= 11 is 0. The molecular weight excluding hydrogens is 271 g/mol. The highest BCUT2D eigenvalue weighted by Gasteiger charge is 2.18. The third-order valence-electron chi connectivity index (χ3n) is 3.96. The van der Waals surface area contributed by atoms with E-state index < -0.39 is 0 Å². The number of phenolic OH excluding ortho intramolecular Hbond substituents is 1. The Balaban J connectivity index is 2.57. The zero-order chi connectivity index (χ0) is 16.4. The third kappa shape index (κ3) is 3.24. The number of benzene rings is 2. The van der Waals surface area contributed by atoms with Crippen LogP contribution < -0.4 is 5.46 Å². The lowest BCUT2D eigenvalue weighted by molar-refractivity contribution is 0.103. The van der Waals surface area contributed by atoms with Gasteiger partial charge in [-0.1, -0.05) is 57.4 Å². The van der Waals surface area contributed by atoms with Crippen LogP contribution in [-0.4, -0.2) is 18.7 Å². The van der Waals surface area contributed by atoms with Gasteiger partial charge in [0.15, 0.2) is 5.78 Å². The van der Waals surface area contributed by atoms with E-state index in [1.165, 1.54) is 0 Å². The smallest absolute Gasteiger partial charge is 0.193 e. The van der Waals surface area contributed by atoms with Crippen molar-refractivity contribution >= 4 is 19.1 Å². The van der Waals surface area contributed by atoms with Crippen LogP contribution in [0.15, 0.2) is 36.4 Å². The zero-order valence-corrected chi connectivity index (χ0v) is 14.0. The Morgan fingerprint density at radius 3 is 1.95 bits per heavy atom. The number of aromatic hydroxyl groups is 1. The zero-order valence-electron chi connectivity index (χ0n) is 14.0. The van der Waals surface area contributed by atoms with E-state index in [9.17, 15) is 9.90 Å². The van der Waals surface area contributed by atoms with Crippen molar-refractivity contribution in [3.63, 3.8) is 0 Å². The van der Waals surface area contributed by atoms with Gasteiger partial charge in [0.1, 0.15) is 13.6 Å². The van der Waals surface area contributed by atoms with Crippen molar-refractivity contribution in [1.82, 2.24) is 0 Å². The minimum atomic E-state index is 0.00694. The second kappa shape index (κ2) is 6.39. The summed E-state index contributed by atoms with van der Waals surface area (Å²) in [5, 5.41) is 10.4. The van der Waals surface area contributed by atoms with Crippen LogP contribution in [0.3, 0.4) is 0 Å². The molecule has 0 aromatic heterocycles. The molecule has 2 rings (SSSR count). The Kier molecular flexibility index (Phi) is 4.75. The van der Waals surface area contributed by atoms with Crippen LogP contribution in [0.25, 0.3) is 0 Å². The second-order valence-electron chi connectivity index (χ2n) is 6.51. The molecule has 114 valence electrons. The van der Waals surface area contributed by atoms with Crippen LogP contribution in [0.1, 0.15) is 66.6 Å². The normalized spacial score (nSPS) is 11.2. The predicted octanol–water partition coefficient (Wildman–Crippen LogP) is 3.13. The van der Waals surface area contributed by atoms with Gasteiger partial charge >= 0.3 is 0 Å². The van der Waals surface area contributed by atoms with Gasteiger partial charge in [-0.2, -0.15) is 0 Å². The maximum absolute atomic E-state index is 12.8. The van der Waals surface area contributed by atoms with Crippen LogP contribution in [0.5, 0.6) is 5.75 Å². The Morgan fingerprint density at radius 2 is 1.50 bits per heavy atom. The molecule has 0 amide bonds. The van der Waals surface area contributed by atoms with Crippen molar-refractivity contribution in [2.75, 3.05) is 0 Å². The highest BCUT2D eigenvalue weighted by Crippen LogP contribution is 2.35. The number of carbonyl (C=O) groups excluding carboxylic acids is 1. The van der Waals surface area contributed by atoms with E-state index >= 15 is 0 Å². The molecule has 0 saturated heterocycles. The Morgan fingerprint density at radius 1 is 0.955 bits per heavy atom. The van der Waals surface area contributed by atoms with E-state index in [4.69, 9.17) is 0 Å². The van der Waals surface area contributed by atoms with E-state index in [1.807, 2.05) is 71.9 Å². The van der Waals surface area contributed by atoms with Crippen LogP contribution in [0.4, 0.5) is 0 Å². The van der Waals surface area contributed by atoms with Crippen molar-refractivity contribution in [3.05, 3.63) is 58.7 Å². The van der Waals surface area contributed by atoms with Crippen molar-refractivity contribution in [2.24, 2.45) is 0 Å². The van der Waals surface area contributed by atoms with Crippen molar-refractivity contribution in [2.45, 2.75) is 39.5 Å². The van der Waals surface area contributed by atoms with Gasteiger partial charge in [0, 0.05) is 11.1 Å². The van der Waals surface area contributed by atoms with Crippen molar-refractivity contribution in [3.8, 4) is 5.75 Å². The molecule has 0 radical (unpaired) electrons. The SMILES string of the molecule is Bc1cccc(C(=O)c2cc(C(C)C)c(O)c(C(C)C)c2)c1. The molecule has 0 aliphatic heterocycles. The summed E-state index contributed by atoms with van der Waals surface area (Å²) in [5.41, 5.74) is 4.08. The molecular formula is C19H23BO2. The molecule has 0 fully saturated rings. The average molecular weight is 294 g/mol. The first-order valence-corrected chi connectivity index (χ1v) is 7.79. The standard InChI is InChI=1S/C19H23BO2/c1-11(2)16-9-14(10-17(12(3)4)19(16)22)18(21)13-6-5-7-15(20)8-13/h5-12,22H,20H2,1-4H3. The number of hydrogen-bond acceptors (Lipinski definition) is 2. The van der Waals surface area contributed by atoms with Crippen LogP contribution in [-0.2, 0) is 0 Å². The molecule has 22 heavy (non-hydrogen) atoms. The molecule has 3 heteroatoms. The molecule has 0 aliphatic rings. The average Bonchev–Trinajstić information content (AvgIpc) is 2.46. The number of phenols is 1. The number of ketones is 1.